The minimum Gasteiger partial charge on any atom is -0.342 e. The maximum Gasteiger partial charge on any atom is 0.227 e. The molecule has 0 radical (unpaired) electrons. The SMILES string of the molecule is CC1CCCCN1CC1CCCN(C(=O)C2C3CCC(C3)C2N)C1.Cl.Cl. The maximum atomic E-state index is 13.1. The zero-order valence-corrected chi connectivity index (χ0v) is 17.8. The van der Waals surface area contributed by atoms with Crippen molar-refractivity contribution in [1.29, 1.82) is 0 Å². The Labute approximate surface area is 171 Å². The van der Waals surface area contributed by atoms with Crippen LogP contribution in [-0.2, 0) is 4.79 Å². The van der Waals surface area contributed by atoms with Crippen LogP contribution in [-0.4, -0.2) is 54.0 Å². The van der Waals surface area contributed by atoms with Crippen molar-refractivity contribution in [1.82, 2.24) is 9.80 Å². The number of carbonyl (C=O) groups is 1. The summed E-state index contributed by atoms with van der Waals surface area (Å²) >= 11 is 0. The summed E-state index contributed by atoms with van der Waals surface area (Å²) in [6, 6.07) is 0.863. The van der Waals surface area contributed by atoms with Crippen molar-refractivity contribution in [2.75, 3.05) is 26.2 Å². The van der Waals surface area contributed by atoms with E-state index in [2.05, 4.69) is 16.7 Å². The quantitative estimate of drug-likeness (QED) is 0.782. The highest BCUT2D eigenvalue weighted by Gasteiger charge is 2.50. The second kappa shape index (κ2) is 9.45. The lowest BCUT2D eigenvalue weighted by Gasteiger charge is -2.41. The van der Waals surface area contributed by atoms with E-state index >= 15 is 0 Å². The molecule has 2 N–H and O–H groups in total. The van der Waals surface area contributed by atoms with Crippen LogP contribution in [0.15, 0.2) is 0 Å². The fourth-order valence-corrected chi connectivity index (χ4v) is 6.09. The summed E-state index contributed by atoms with van der Waals surface area (Å²) in [4.78, 5) is 18.0. The number of piperidine rings is 2. The van der Waals surface area contributed by atoms with Crippen molar-refractivity contribution in [2.24, 2.45) is 29.4 Å². The lowest BCUT2D eigenvalue weighted by atomic mass is 9.83. The molecule has 6 atom stereocenters. The molecule has 4 aliphatic rings. The van der Waals surface area contributed by atoms with E-state index in [0.29, 0.717) is 23.7 Å². The third-order valence-electron chi connectivity index (χ3n) is 7.53. The van der Waals surface area contributed by atoms with E-state index in [-0.39, 0.29) is 36.8 Å². The lowest BCUT2D eigenvalue weighted by Crippen LogP contribution is -2.51. The number of amides is 1. The van der Waals surface area contributed by atoms with Gasteiger partial charge in [0.25, 0.3) is 0 Å². The summed E-state index contributed by atoms with van der Waals surface area (Å²) in [6.07, 6.45) is 10.2. The highest BCUT2D eigenvalue weighted by atomic mass is 35.5. The molecule has 6 unspecified atom stereocenters. The van der Waals surface area contributed by atoms with Crippen LogP contribution in [0.25, 0.3) is 0 Å². The van der Waals surface area contributed by atoms with Gasteiger partial charge in [-0.25, -0.2) is 0 Å². The van der Waals surface area contributed by atoms with Gasteiger partial charge in [-0.3, -0.25) is 4.79 Å². The van der Waals surface area contributed by atoms with Crippen molar-refractivity contribution >= 4 is 30.7 Å². The Kier molecular flexibility index (Phi) is 8.09. The Hall–Kier alpha value is -0.0300. The number of halogens is 2. The van der Waals surface area contributed by atoms with E-state index < -0.39 is 0 Å². The van der Waals surface area contributed by atoms with Crippen LogP contribution >= 0.6 is 24.8 Å². The molecule has 2 aliphatic carbocycles. The van der Waals surface area contributed by atoms with E-state index in [1.165, 1.54) is 64.5 Å². The Morgan fingerprint density at radius 1 is 1.00 bits per heavy atom. The zero-order chi connectivity index (χ0) is 16.7. The number of fused-ring (bicyclic) bond motifs is 2. The molecular weight excluding hydrogens is 369 g/mol. The number of rotatable bonds is 3. The summed E-state index contributed by atoms with van der Waals surface area (Å²) in [5, 5.41) is 0. The number of hydrogen-bond donors (Lipinski definition) is 1. The monoisotopic (exact) mass is 405 g/mol. The summed E-state index contributed by atoms with van der Waals surface area (Å²) in [5.74, 6) is 2.40. The minimum atomic E-state index is 0. The molecule has 2 saturated heterocycles. The van der Waals surface area contributed by atoms with E-state index in [4.69, 9.17) is 5.73 Å². The average molecular weight is 406 g/mol. The average Bonchev–Trinajstić information content (AvgIpc) is 3.18. The minimum absolute atomic E-state index is 0. The van der Waals surface area contributed by atoms with E-state index in [0.717, 1.165) is 19.1 Å². The van der Waals surface area contributed by atoms with Gasteiger partial charge < -0.3 is 15.5 Å². The van der Waals surface area contributed by atoms with Gasteiger partial charge in [-0.05, 0) is 76.2 Å². The van der Waals surface area contributed by atoms with Crippen molar-refractivity contribution in [3.8, 4) is 0 Å². The molecule has 26 heavy (non-hydrogen) atoms. The largest absolute Gasteiger partial charge is 0.342 e. The predicted molar refractivity (Wildman–Crippen MR) is 111 cm³/mol. The van der Waals surface area contributed by atoms with Crippen LogP contribution in [0.4, 0.5) is 0 Å². The molecule has 2 aliphatic heterocycles. The van der Waals surface area contributed by atoms with Gasteiger partial charge in [0.1, 0.15) is 0 Å². The van der Waals surface area contributed by atoms with E-state index in [1.54, 1.807) is 0 Å². The summed E-state index contributed by atoms with van der Waals surface area (Å²) in [7, 11) is 0. The second-order valence-electron chi connectivity index (χ2n) is 9.07. The first-order valence-corrected chi connectivity index (χ1v) is 10.4. The molecule has 0 aromatic carbocycles. The first kappa shape index (κ1) is 22.3. The number of nitrogens with zero attached hydrogens (tertiary/aromatic N) is 2. The van der Waals surface area contributed by atoms with Gasteiger partial charge in [0.15, 0.2) is 0 Å². The molecule has 2 bridgehead atoms. The van der Waals surface area contributed by atoms with Crippen LogP contribution < -0.4 is 5.73 Å². The second-order valence-corrected chi connectivity index (χ2v) is 9.07. The number of carbonyl (C=O) groups excluding carboxylic acids is 1. The third kappa shape index (κ3) is 4.34. The number of nitrogens with two attached hydrogens (primary N) is 1. The molecular formula is C20H37Cl2N3O. The Morgan fingerprint density at radius 3 is 2.46 bits per heavy atom. The van der Waals surface area contributed by atoms with Crippen LogP contribution in [0, 0.1) is 23.7 Å². The van der Waals surface area contributed by atoms with Gasteiger partial charge >= 0.3 is 0 Å². The lowest BCUT2D eigenvalue weighted by molar-refractivity contribution is -0.139. The molecule has 4 rings (SSSR count). The highest BCUT2D eigenvalue weighted by Crippen LogP contribution is 2.48. The fourth-order valence-electron chi connectivity index (χ4n) is 6.09. The standard InChI is InChI=1S/C20H35N3O.2ClH/c1-14-5-2-3-9-22(14)12-15-6-4-10-23(13-15)20(24)18-16-7-8-17(11-16)19(18)21;;/h14-19H,2-13,21H2,1H3;2*1H. The molecule has 2 heterocycles. The fraction of sp³-hybridized carbons (Fsp3) is 0.950. The summed E-state index contributed by atoms with van der Waals surface area (Å²) in [5.41, 5.74) is 6.42. The number of hydrogen-bond acceptors (Lipinski definition) is 3. The van der Waals surface area contributed by atoms with Crippen molar-refractivity contribution in [2.45, 2.75) is 70.4 Å². The molecule has 0 aromatic rings. The van der Waals surface area contributed by atoms with Gasteiger partial charge in [-0.1, -0.05) is 6.42 Å². The van der Waals surface area contributed by atoms with Crippen molar-refractivity contribution < 1.29 is 4.79 Å². The normalized spacial score (nSPS) is 40.0. The van der Waals surface area contributed by atoms with Gasteiger partial charge in [0.05, 0.1) is 5.92 Å². The van der Waals surface area contributed by atoms with Gasteiger partial charge in [-0.2, -0.15) is 0 Å². The third-order valence-corrected chi connectivity index (χ3v) is 7.53. The first-order valence-electron chi connectivity index (χ1n) is 10.4. The van der Waals surface area contributed by atoms with E-state index in [1.807, 2.05) is 0 Å². The molecule has 0 aromatic heterocycles. The van der Waals surface area contributed by atoms with Crippen LogP contribution in [0.5, 0.6) is 0 Å². The van der Waals surface area contributed by atoms with E-state index in [9.17, 15) is 4.79 Å². The smallest absolute Gasteiger partial charge is 0.227 e. The topological polar surface area (TPSA) is 49.6 Å². The van der Waals surface area contributed by atoms with Gasteiger partial charge in [-0.15, -0.1) is 24.8 Å². The van der Waals surface area contributed by atoms with Crippen LogP contribution in [0.3, 0.4) is 0 Å². The molecule has 2 saturated carbocycles. The molecule has 152 valence electrons. The van der Waals surface area contributed by atoms with Crippen LogP contribution in [0.2, 0.25) is 0 Å². The molecule has 0 spiro atoms. The molecule has 1 amide bonds. The van der Waals surface area contributed by atoms with Crippen LogP contribution in [0.1, 0.15) is 58.3 Å². The maximum absolute atomic E-state index is 13.1. The highest BCUT2D eigenvalue weighted by molar-refractivity contribution is 5.85. The molecule has 4 fully saturated rings. The Morgan fingerprint density at radius 2 is 1.77 bits per heavy atom. The zero-order valence-electron chi connectivity index (χ0n) is 16.1. The van der Waals surface area contributed by atoms with Crippen molar-refractivity contribution in [3.05, 3.63) is 0 Å². The van der Waals surface area contributed by atoms with Gasteiger partial charge in [0.2, 0.25) is 5.91 Å². The predicted octanol–water partition coefficient (Wildman–Crippen LogP) is 3.32. The molecule has 6 heteroatoms. The number of likely N-dealkylation sites (tertiary alicyclic amines) is 2. The Bertz CT molecular complexity index is 476. The van der Waals surface area contributed by atoms with Gasteiger partial charge in [0, 0.05) is 31.7 Å². The Balaban J connectivity index is 0.00000121. The molecule has 4 nitrogen and oxygen atoms in total. The summed E-state index contributed by atoms with van der Waals surface area (Å²) in [6.45, 7) is 6.75. The first-order chi connectivity index (χ1) is 11.6. The van der Waals surface area contributed by atoms with Crippen molar-refractivity contribution in [3.63, 3.8) is 0 Å². The summed E-state index contributed by atoms with van der Waals surface area (Å²) < 4.78 is 0.